The maximum Gasteiger partial charge on any atom is 0.308 e. The molecular formula is C27H37NO7. The molecule has 1 spiro atoms. The van der Waals surface area contributed by atoms with Crippen molar-refractivity contribution in [2.75, 3.05) is 6.54 Å². The molecule has 1 amide bonds. The first-order valence-electron chi connectivity index (χ1n) is 13.0. The van der Waals surface area contributed by atoms with Gasteiger partial charge in [0.1, 0.15) is 0 Å². The lowest BCUT2D eigenvalue weighted by molar-refractivity contribution is -0.576. The van der Waals surface area contributed by atoms with Gasteiger partial charge in [0, 0.05) is 31.2 Å². The molecular weight excluding hydrogens is 450 g/mol. The summed E-state index contributed by atoms with van der Waals surface area (Å²) in [5, 5.41) is 2.87. The highest BCUT2D eigenvalue weighted by Gasteiger charge is 2.69. The summed E-state index contributed by atoms with van der Waals surface area (Å²) in [5.74, 6) is -0.750. The number of carbonyl (C=O) groups excluding carboxylic acids is 2. The van der Waals surface area contributed by atoms with Crippen LogP contribution in [0.5, 0.6) is 0 Å². The van der Waals surface area contributed by atoms with Gasteiger partial charge in [-0.15, -0.1) is 0 Å². The molecule has 5 aliphatic rings. The fourth-order valence-electron chi connectivity index (χ4n) is 6.49. The number of hydrogen-bond donors (Lipinski definition) is 1. The van der Waals surface area contributed by atoms with Crippen LogP contribution >= 0.6 is 0 Å². The lowest BCUT2D eigenvalue weighted by Gasteiger charge is -2.59. The molecule has 1 N–H and O–H groups in total. The van der Waals surface area contributed by atoms with Crippen molar-refractivity contribution in [2.45, 2.75) is 89.7 Å². The van der Waals surface area contributed by atoms with E-state index in [1.165, 1.54) is 0 Å². The van der Waals surface area contributed by atoms with E-state index in [0.717, 1.165) is 37.7 Å². The molecule has 5 fully saturated rings. The molecule has 6 rings (SSSR count). The number of amides is 1. The molecule has 192 valence electrons. The minimum absolute atomic E-state index is 0.00205. The summed E-state index contributed by atoms with van der Waals surface area (Å²) < 4.78 is 18.3. The van der Waals surface area contributed by atoms with Crippen LogP contribution in [0.2, 0.25) is 0 Å². The normalized spacial score (nSPS) is 39.9. The van der Waals surface area contributed by atoms with E-state index < -0.39 is 29.9 Å². The lowest BCUT2D eigenvalue weighted by Crippen LogP contribution is -2.70. The third-order valence-corrected chi connectivity index (χ3v) is 8.48. The molecule has 1 aromatic carbocycles. The first kappa shape index (κ1) is 24.7. The van der Waals surface area contributed by atoms with Gasteiger partial charge in [-0.2, -0.15) is 0 Å². The third kappa shape index (κ3) is 4.73. The third-order valence-electron chi connectivity index (χ3n) is 8.48. The van der Waals surface area contributed by atoms with Gasteiger partial charge in [0.05, 0.1) is 6.42 Å². The van der Waals surface area contributed by atoms with Crippen LogP contribution < -0.4 is 5.32 Å². The largest absolute Gasteiger partial charge is 0.435 e. The Kier molecular flexibility index (Phi) is 6.92. The van der Waals surface area contributed by atoms with Crippen LogP contribution in [0.1, 0.15) is 64.9 Å². The van der Waals surface area contributed by atoms with Crippen molar-refractivity contribution in [3.05, 3.63) is 35.9 Å². The Hall–Kier alpha value is -2.00. The second-order valence-electron chi connectivity index (χ2n) is 10.8. The molecule has 35 heavy (non-hydrogen) atoms. The van der Waals surface area contributed by atoms with E-state index in [9.17, 15) is 9.59 Å². The standard InChI is InChI=1S/C27H37NO7/c1-17-9-10-21-18(2)24(32-25-27(21)20(17)13-15-26(3,33-25)34-35-27)31-23(30)12-11-22(29)28-16-14-19-7-5-4-6-8-19/h4-8,17-18,20-21,24-25H,9-16H2,1-3H3,(H,28,29)/t17-,18+,20-,21+,24+,25-,26-,27+/m0/s1. The average molecular weight is 488 g/mol. The smallest absolute Gasteiger partial charge is 0.308 e. The van der Waals surface area contributed by atoms with Gasteiger partial charge in [-0.3, -0.25) is 9.59 Å². The second-order valence-corrected chi connectivity index (χ2v) is 10.8. The van der Waals surface area contributed by atoms with Crippen LogP contribution in [-0.4, -0.2) is 42.4 Å². The molecule has 0 unspecified atom stereocenters. The zero-order valence-corrected chi connectivity index (χ0v) is 20.9. The molecule has 4 saturated heterocycles. The summed E-state index contributed by atoms with van der Waals surface area (Å²) in [4.78, 5) is 36.8. The topological polar surface area (TPSA) is 92.3 Å². The molecule has 8 heteroatoms. The van der Waals surface area contributed by atoms with Crippen molar-refractivity contribution in [3.8, 4) is 0 Å². The van der Waals surface area contributed by atoms with Crippen molar-refractivity contribution in [1.82, 2.24) is 5.32 Å². The van der Waals surface area contributed by atoms with Gasteiger partial charge in [0.2, 0.25) is 18.0 Å². The van der Waals surface area contributed by atoms with Crippen LogP contribution in [0.3, 0.4) is 0 Å². The number of benzene rings is 1. The van der Waals surface area contributed by atoms with Crippen LogP contribution in [0.15, 0.2) is 30.3 Å². The van der Waals surface area contributed by atoms with Crippen molar-refractivity contribution in [2.24, 2.45) is 23.7 Å². The monoisotopic (exact) mass is 487 g/mol. The van der Waals surface area contributed by atoms with Gasteiger partial charge in [-0.05, 0) is 50.0 Å². The van der Waals surface area contributed by atoms with Gasteiger partial charge < -0.3 is 19.5 Å². The zero-order valence-electron chi connectivity index (χ0n) is 20.9. The van der Waals surface area contributed by atoms with Crippen molar-refractivity contribution in [3.63, 3.8) is 0 Å². The molecule has 8 nitrogen and oxygen atoms in total. The summed E-state index contributed by atoms with van der Waals surface area (Å²) in [6.07, 6.45) is 3.12. The Morgan fingerprint density at radius 2 is 1.86 bits per heavy atom. The molecule has 1 saturated carbocycles. The number of nitrogens with one attached hydrogen (secondary N) is 1. The van der Waals surface area contributed by atoms with Crippen molar-refractivity contribution < 1.29 is 33.6 Å². The van der Waals surface area contributed by atoms with Crippen LogP contribution in [0.4, 0.5) is 0 Å². The first-order chi connectivity index (χ1) is 16.8. The fraction of sp³-hybridized carbons (Fsp3) is 0.704. The number of rotatable bonds is 7. The molecule has 0 aromatic heterocycles. The van der Waals surface area contributed by atoms with Crippen molar-refractivity contribution >= 4 is 11.9 Å². The number of ether oxygens (including phenoxy) is 3. The Balaban J connectivity index is 1.16. The zero-order chi connectivity index (χ0) is 24.6. The lowest BCUT2D eigenvalue weighted by atomic mass is 9.58. The minimum Gasteiger partial charge on any atom is -0.435 e. The molecule has 8 atom stereocenters. The van der Waals surface area contributed by atoms with E-state index in [1.807, 2.05) is 44.2 Å². The average Bonchev–Trinajstić information content (AvgIpc) is 3.07. The molecule has 4 aliphatic heterocycles. The number of fused-ring (bicyclic) bond motifs is 2. The van der Waals surface area contributed by atoms with Gasteiger partial charge >= 0.3 is 5.97 Å². The summed E-state index contributed by atoms with van der Waals surface area (Å²) in [5.41, 5.74) is 0.472. The highest BCUT2D eigenvalue weighted by atomic mass is 17.3. The summed E-state index contributed by atoms with van der Waals surface area (Å²) in [6.45, 7) is 6.71. The van der Waals surface area contributed by atoms with E-state index in [0.29, 0.717) is 12.5 Å². The highest BCUT2D eigenvalue weighted by molar-refractivity contribution is 5.81. The van der Waals surface area contributed by atoms with Crippen LogP contribution in [-0.2, 0) is 40.0 Å². The second kappa shape index (κ2) is 9.81. The Labute approximate surface area is 206 Å². The number of esters is 1. The SMILES string of the molecule is C[C@H]1[C@H](OC(=O)CCC(=O)NCCc2ccccc2)O[C@H]2O[C@]3(C)CC[C@H]4[C@@H](C)CC[C@H]1[C@@]24OO3. The van der Waals surface area contributed by atoms with E-state index in [2.05, 4.69) is 12.2 Å². The van der Waals surface area contributed by atoms with E-state index >= 15 is 0 Å². The quantitative estimate of drug-likeness (QED) is 0.461. The Bertz CT molecular complexity index is 925. The first-order valence-corrected chi connectivity index (χ1v) is 13.0. The van der Waals surface area contributed by atoms with Gasteiger partial charge in [0.25, 0.3) is 0 Å². The summed E-state index contributed by atoms with van der Waals surface area (Å²) in [7, 11) is 0. The molecule has 1 aromatic rings. The van der Waals surface area contributed by atoms with E-state index in [4.69, 9.17) is 24.0 Å². The predicted molar refractivity (Wildman–Crippen MR) is 125 cm³/mol. The summed E-state index contributed by atoms with van der Waals surface area (Å²) >= 11 is 0. The fourth-order valence-corrected chi connectivity index (χ4v) is 6.49. The maximum absolute atomic E-state index is 12.7. The number of hydrogen-bond acceptors (Lipinski definition) is 7. The van der Waals surface area contributed by atoms with Crippen LogP contribution in [0.25, 0.3) is 0 Å². The summed E-state index contributed by atoms with van der Waals surface area (Å²) in [6, 6.07) is 9.96. The van der Waals surface area contributed by atoms with Gasteiger partial charge in [-0.25, -0.2) is 9.78 Å². The molecule has 2 bridgehead atoms. The van der Waals surface area contributed by atoms with Gasteiger partial charge in [-0.1, -0.05) is 44.2 Å². The van der Waals surface area contributed by atoms with Crippen LogP contribution in [0, 0.1) is 23.7 Å². The van der Waals surface area contributed by atoms with E-state index in [1.54, 1.807) is 0 Å². The minimum atomic E-state index is -0.871. The van der Waals surface area contributed by atoms with Crippen molar-refractivity contribution in [1.29, 1.82) is 0 Å². The van der Waals surface area contributed by atoms with Gasteiger partial charge in [0.15, 0.2) is 11.9 Å². The Morgan fingerprint density at radius 3 is 2.66 bits per heavy atom. The molecule has 0 radical (unpaired) electrons. The number of carbonyl (C=O) groups is 2. The predicted octanol–water partition coefficient (Wildman–Crippen LogP) is 3.88. The molecule has 4 heterocycles. The molecule has 1 aliphatic carbocycles. The Morgan fingerprint density at radius 1 is 1.06 bits per heavy atom. The maximum atomic E-state index is 12.7. The highest BCUT2D eigenvalue weighted by Crippen LogP contribution is 2.60. The van der Waals surface area contributed by atoms with E-state index in [-0.39, 0.29) is 36.5 Å².